The average Bonchev–Trinajstić information content (AvgIpc) is 3.33. The Balaban J connectivity index is 2.24. The van der Waals surface area contributed by atoms with Crippen molar-refractivity contribution < 1.29 is 9.59 Å². The minimum atomic E-state index is -1.47. The molecule has 2 rings (SSSR count). The molecule has 2 atom stereocenters. The van der Waals surface area contributed by atoms with E-state index in [9.17, 15) is 9.59 Å². The number of likely N-dealkylation sites (N-methyl/N-ethyl adjacent to an activating group) is 2. The summed E-state index contributed by atoms with van der Waals surface area (Å²) in [7, 11) is 2.03. The number of azo groups is 2. The lowest BCUT2D eigenvalue weighted by molar-refractivity contribution is -0.133. The van der Waals surface area contributed by atoms with Crippen LogP contribution in [0.15, 0.2) is 30.4 Å². The smallest absolute Gasteiger partial charge is 0.307 e. The van der Waals surface area contributed by atoms with E-state index >= 15 is 0 Å². The third-order valence-corrected chi connectivity index (χ3v) is 6.80. The zero-order valence-corrected chi connectivity index (χ0v) is 16.8. The second kappa shape index (κ2) is 8.71. The molecule has 2 aliphatic heterocycles. The Kier molecular flexibility index (Phi) is 6.87. The van der Waals surface area contributed by atoms with Gasteiger partial charge in [0.05, 0.1) is 0 Å². The van der Waals surface area contributed by atoms with Crippen molar-refractivity contribution in [1.29, 1.82) is 0 Å². The fraction of sp³-hybridized carbons (Fsp3) is 0.714. The first-order chi connectivity index (χ1) is 12.5. The molecule has 0 aromatic heterocycles. The summed E-state index contributed by atoms with van der Waals surface area (Å²) in [5.74, 6) is -0.580. The predicted octanol–water partition coefficient (Wildman–Crippen LogP) is 2.40. The van der Waals surface area contributed by atoms with Gasteiger partial charge < -0.3 is 9.80 Å². The standard InChI is InChI=1S/C14H22N8O2S2/c1-5-21(6-2)11(23)13(15-9-17-19-13)25-26-14(16-10-18-20-14)12(24)22(7-3)8-4/h9-10H,5-8H2,1-4H3. The lowest BCUT2D eigenvalue weighted by Gasteiger charge is -2.30. The third kappa shape index (κ3) is 3.80. The molecule has 0 aromatic carbocycles. The van der Waals surface area contributed by atoms with E-state index in [1.807, 2.05) is 27.7 Å². The van der Waals surface area contributed by atoms with E-state index in [-0.39, 0.29) is 11.8 Å². The minimum absolute atomic E-state index is 0.290. The molecule has 0 fully saturated rings. The second-order valence-electron chi connectivity index (χ2n) is 5.26. The van der Waals surface area contributed by atoms with Crippen LogP contribution in [0.5, 0.6) is 0 Å². The molecule has 0 saturated carbocycles. The summed E-state index contributed by atoms with van der Waals surface area (Å²) in [4.78, 5) is 34.4. The molecule has 0 radical (unpaired) electrons. The predicted molar refractivity (Wildman–Crippen MR) is 103 cm³/mol. The van der Waals surface area contributed by atoms with Crippen LogP contribution in [0.3, 0.4) is 0 Å². The van der Waals surface area contributed by atoms with Crippen LogP contribution in [0.2, 0.25) is 0 Å². The second-order valence-corrected chi connectivity index (χ2v) is 7.73. The van der Waals surface area contributed by atoms with Gasteiger partial charge in [0.15, 0.2) is 0 Å². The SMILES string of the molecule is CCN(CC)C(=O)C1(SSC2(C(=O)N(CC)CC)N=CN=N2)N=CN=N1. The first-order valence-electron chi connectivity index (χ1n) is 8.35. The molecule has 2 aliphatic rings. The van der Waals surface area contributed by atoms with Gasteiger partial charge in [-0.25, -0.2) is 9.98 Å². The summed E-state index contributed by atoms with van der Waals surface area (Å²) >= 11 is 0. The zero-order chi connectivity index (χ0) is 19.2. The van der Waals surface area contributed by atoms with E-state index in [4.69, 9.17) is 0 Å². The topological polar surface area (TPSA) is 115 Å². The van der Waals surface area contributed by atoms with Gasteiger partial charge in [0, 0.05) is 26.2 Å². The van der Waals surface area contributed by atoms with Crippen molar-refractivity contribution in [3.05, 3.63) is 0 Å². The molecule has 2 heterocycles. The van der Waals surface area contributed by atoms with Gasteiger partial charge in [-0.3, -0.25) is 9.59 Å². The first kappa shape index (κ1) is 20.5. The monoisotopic (exact) mass is 398 g/mol. The van der Waals surface area contributed by atoms with Gasteiger partial charge in [-0.2, -0.15) is 0 Å². The Morgan fingerprint density at radius 2 is 1.12 bits per heavy atom. The van der Waals surface area contributed by atoms with Crippen LogP contribution >= 0.6 is 21.6 Å². The molecule has 0 spiro atoms. The van der Waals surface area contributed by atoms with Crippen molar-refractivity contribution in [3.63, 3.8) is 0 Å². The van der Waals surface area contributed by atoms with Crippen LogP contribution in [-0.4, -0.2) is 70.5 Å². The van der Waals surface area contributed by atoms with Gasteiger partial charge in [-0.1, -0.05) is 0 Å². The Hall–Kier alpha value is -1.82. The maximum atomic E-state index is 12.9. The zero-order valence-electron chi connectivity index (χ0n) is 15.2. The third-order valence-electron chi connectivity index (χ3n) is 3.89. The van der Waals surface area contributed by atoms with Crippen LogP contribution in [0, 0.1) is 0 Å². The van der Waals surface area contributed by atoms with Crippen molar-refractivity contribution in [2.45, 2.75) is 37.7 Å². The highest BCUT2D eigenvalue weighted by Crippen LogP contribution is 2.50. The van der Waals surface area contributed by atoms with Crippen LogP contribution in [-0.2, 0) is 9.59 Å². The van der Waals surface area contributed by atoms with Crippen LogP contribution < -0.4 is 0 Å². The lowest BCUT2D eigenvalue weighted by Crippen LogP contribution is -2.46. The largest absolute Gasteiger partial charge is 0.339 e. The molecule has 2 amide bonds. The lowest BCUT2D eigenvalue weighted by atomic mass is 10.4. The van der Waals surface area contributed by atoms with Gasteiger partial charge in [0.2, 0.25) is 0 Å². The van der Waals surface area contributed by atoms with Gasteiger partial charge >= 0.3 is 9.99 Å². The number of nitrogens with zero attached hydrogens (tertiary/aromatic N) is 8. The molecule has 0 N–H and O–H groups in total. The van der Waals surface area contributed by atoms with Gasteiger partial charge in [-0.05, 0) is 49.3 Å². The molecule has 0 bridgehead atoms. The van der Waals surface area contributed by atoms with E-state index < -0.39 is 9.99 Å². The fourth-order valence-corrected chi connectivity index (χ4v) is 4.92. The maximum Gasteiger partial charge on any atom is 0.307 e. The number of aliphatic imine (C=N–C) groups is 2. The molecular weight excluding hydrogens is 376 g/mol. The maximum absolute atomic E-state index is 12.9. The number of rotatable bonds is 9. The molecular formula is C14H22N8O2S2. The van der Waals surface area contributed by atoms with Crippen molar-refractivity contribution in [2.75, 3.05) is 26.2 Å². The number of hydrogen-bond acceptors (Lipinski definition) is 10. The molecule has 0 saturated heterocycles. The van der Waals surface area contributed by atoms with Crippen molar-refractivity contribution in [1.82, 2.24) is 9.80 Å². The van der Waals surface area contributed by atoms with Crippen molar-refractivity contribution in [3.8, 4) is 0 Å². The van der Waals surface area contributed by atoms with E-state index in [1.54, 1.807) is 9.80 Å². The van der Waals surface area contributed by atoms with Gasteiger partial charge in [-0.15, -0.1) is 20.5 Å². The van der Waals surface area contributed by atoms with E-state index in [0.717, 1.165) is 21.6 Å². The molecule has 142 valence electrons. The fourth-order valence-electron chi connectivity index (χ4n) is 2.36. The van der Waals surface area contributed by atoms with Gasteiger partial charge in [0.25, 0.3) is 11.8 Å². The summed E-state index contributed by atoms with van der Waals surface area (Å²) < 4.78 is 0. The van der Waals surface area contributed by atoms with E-state index in [1.165, 1.54) is 12.7 Å². The number of amides is 2. The molecule has 10 nitrogen and oxygen atoms in total. The summed E-state index contributed by atoms with van der Waals surface area (Å²) in [6.07, 6.45) is 2.49. The Morgan fingerprint density at radius 3 is 1.35 bits per heavy atom. The average molecular weight is 399 g/mol. The number of carbonyl (C=O) groups excluding carboxylic acids is 2. The summed E-state index contributed by atoms with van der Waals surface area (Å²) in [5.41, 5.74) is 0. The Labute approximate surface area is 160 Å². The van der Waals surface area contributed by atoms with E-state index in [2.05, 4.69) is 30.4 Å². The summed E-state index contributed by atoms with van der Waals surface area (Å²) in [6, 6.07) is 0. The van der Waals surface area contributed by atoms with Crippen molar-refractivity contribution in [2.24, 2.45) is 30.4 Å². The van der Waals surface area contributed by atoms with Crippen LogP contribution in [0.25, 0.3) is 0 Å². The first-order valence-corrected chi connectivity index (χ1v) is 10.5. The Morgan fingerprint density at radius 1 is 0.769 bits per heavy atom. The quantitative estimate of drug-likeness (QED) is 0.555. The minimum Gasteiger partial charge on any atom is -0.339 e. The van der Waals surface area contributed by atoms with Crippen LogP contribution in [0.1, 0.15) is 27.7 Å². The summed E-state index contributed by atoms with van der Waals surface area (Å²) in [5, 5.41) is 15.6. The highest BCUT2D eigenvalue weighted by atomic mass is 33.1. The highest BCUT2D eigenvalue weighted by molar-refractivity contribution is 8.78. The van der Waals surface area contributed by atoms with E-state index in [0.29, 0.717) is 26.2 Å². The van der Waals surface area contributed by atoms with Crippen molar-refractivity contribution >= 4 is 46.1 Å². The Bertz CT molecular complexity index is 575. The number of carbonyl (C=O) groups is 2. The highest BCUT2D eigenvalue weighted by Gasteiger charge is 2.51. The molecule has 0 aromatic rings. The molecule has 0 aliphatic carbocycles. The normalized spacial score (nSPS) is 25.8. The molecule has 12 heteroatoms. The van der Waals surface area contributed by atoms with Crippen LogP contribution in [0.4, 0.5) is 0 Å². The number of hydrogen-bond donors (Lipinski definition) is 0. The molecule has 26 heavy (non-hydrogen) atoms. The van der Waals surface area contributed by atoms with Gasteiger partial charge in [0.1, 0.15) is 12.7 Å². The summed E-state index contributed by atoms with van der Waals surface area (Å²) in [6.45, 7) is 9.60. The molecule has 2 unspecified atom stereocenters.